The molecular weight excluding hydrogens is 220 g/mol. The van der Waals surface area contributed by atoms with Gasteiger partial charge < -0.3 is 5.32 Å². The minimum atomic E-state index is -0.771. The molecule has 1 unspecified atom stereocenters. The van der Waals surface area contributed by atoms with Crippen molar-refractivity contribution in [1.82, 2.24) is 5.32 Å². The van der Waals surface area contributed by atoms with E-state index in [1.807, 2.05) is 0 Å². The van der Waals surface area contributed by atoms with Gasteiger partial charge in [0.2, 0.25) is 0 Å². The van der Waals surface area contributed by atoms with Crippen molar-refractivity contribution in [2.45, 2.75) is 45.6 Å². The molecule has 0 aliphatic rings. The van der Waals surface area contributed by atoms with E-state index >= 15 is 0 Å². The predicted octanol–water partition coefficient (Wildman–Crippen LogP) is 3.68. The molecule has 17 heavy (non-hydrogen) atoms. The van der Waals surface area contributed by atoms with Crippen LogP contribution in [0, 0.1) is 11.6 Å². The lowest BCUT2D eigenvalue weighted by molar-refractivity contribution is 0.466. The lowest BCUT2D eigenvalue weighted by atomic mass is 10.0. The minimum absolute atomic E-state index is 0.533. The van der Waals surface area contributed by atoms with E-state index in [0.717, 1.165) is 37.8 Å². The highest BCUT2D eigenvalue weighted by Gasteiger charge is 2.05. The molecule has 0 saturated heterocycles. The fourth-order valence-electron chi connectivity index (χ4n) is 1.99. The summed E-state index contributed by atoms with van der Waals surface area (Å²) in [5.41, 5.74) is 0.871. The second-order valence-corrected chi connectivity index (χ2v) is 4.30. The average molecular weight is 241 g/mol. The normalized spacial score (nSPS) is 12.7. The Bertz CT molecular complexity index is 339. The van der Waals surface area contributed by atoms with Crippen LogP contribution in [0.25, 0.3) is 0 Å². The molecule has 0 aliphatic carbocycles. The van der Waals surface area contributed by atoms with E-state index in [-0.39, 0.29) is 0 Å². The third-order valence-electron chi connectivity index (χ3n) is 2.99. The van der Waals surface area contributed by atoms with Crippen LogP contribution in [0.15, 0.2) is 18.2 Å². The lowest BCUT2D eigenvalue weighted by Gasteiger charge is -2.15. The summed E-state index contributed by atoms with van der Waals surface area (Å²) in [6.07, 6.45) is 3.98. The van der Waals surface area contributed by atoms with Crippen LogP contribution < -0.4 is 5.32 Å². The number of aryl methyl sites for hydroxylation is 1. The second kappa shape index (κ2) is 7.38. The highest BCUT2D eigenvalue weighted by atomic mass is 19.2. The van der Waals surface area contributed by atoms with E-state index in [1.54, 1.807) is 6.07 Å². The first-order valence-corrected chi connectivity index (χ1v) is 6.34. The molecular formula is C14H21F2N. The van der Waals surface area contributed by atoms with Crippen molar-refractivity contribution >= 4 is 0 Å². The van der Waals surface area contributed by atoms with Gasteiger partial charge in [0.15, 0.2) is 11.6 Å². The van der Waals surface area contributed by atoms with Crippen LogP contribution in [-0.4, -0.2) is 12.6 Å². The molecule has 0 amide bonds. The van der Waals surface area contributed by atoms with Crippen molar-refractivity contribution in [3.05, 3.63) is 35.4 Å². The van der Waals surface area contributed by atoms with Crippen molar-refractivity contribution in [3.63, 3.8) is 0 Å². The third-order valence-corrected chi connectivity index (χ3v) is 2.99. The van der Waals surface area contributed by atoms with Crippen LogP contribution in [0.4, 0.5) is 8.78 Å². The fraction of sp³-hybridized carbons (Fsp3) is 0.571. The first-order chi connectivity index (χ1) is 8.17. The highest BCUT2D eigenvalue weighted by Crippen LogP contribution is 2.12. The summed E-state index contributed by atoms with van der Waals surface area (Å²) in [5, 5.41) is 3.40. The molecule has 1 atom stereocenters. The molecule has 0 spiro atoms. The van der Waals surface area contributed by atoms with Gasteiger partial charge in [-0.3, -0.25) is 0 Å². The van der Waals surface area contributed by atoms with Gasteiger partial charge in [0.25, 0.3) is 0 Å². The number of benzene rings is 1. The molecule has 1 rings (SSSR count). The summed E-state index contributed by atoms with van der Waals surface area (Å²) < 4.78 is 25.7. The van der Waals surface area contributed by atoms with Gasteiger partial charge in [0.05, 0.1) is 0 Å². The van der Waals surface area contributed by atoms with Crippen LogP contribution in [0.1, 0.15) is 38.7 Å². The highest BCUT2D eigenvalue weighted by molar-refractivity contribution is 5.17. The minimum Gasteiger partial charge on any atom is -0.314 e. The third kappa shape index (κ3) is 4.82. The Morgan fingerprint density at radius 3 is 2.53 bits per heavy atom. The maximum Gasteiger partial charge on any atom is 0.159 e. The van der Waals surface area contributed by atoms with Gasteiger partial charge in [-0.25, -0.2) is 8.78 Å². The SMILES string of the molecule is CCNC(CC)CCCc1ccc(F)c(F)c1. The van der Waals surface area contributed by atoms with E-state index in [4.69, 9.17) is 0 Å². The standard InChI is InChI=1S/C14H21F2N/c1-3-12(17-4-2)7-5-6-11-8-9-13(15)14(16)10-11/h8-10,12,17H,3-7H2,1-2H3. The molecule has 0 radical (unpaired) electrons. The Kier molecular flexibility index (Phi) is 6.12. The van der Waals surface area contributed by atoms with Crippen LogP contribution in [0.5, 0.6) is 0 Å². The Balaban J connectivity index is 2.37. The maximum absolute atomic E-state index is 13.0. The van der Waals surface area contributed by atoms with Crippen molar-refractivity contribution in [3.8, 4) is 0 Å². The quantitative estimate of drug-likeness (QED) is 0.768. The van der Waals surface area contributed by atoms with Crippen LogP contribution in [0.3, 0.4) is 0 Å². The predicted molar refractivity (Wildman–Crippen MR) is 67.1 cm³/mol. The van der Waals surface area contributed by atoms with Crippen molar-refractivity contribution < 1.29 is 8.78 Å². The van der Waals surface area contributed by atoms with Gasteiger partial charge in [0.1, 0.15) is 0 Å². The van der Waals surface area contributed by atoms with E-state index < -0.39 is 11.6 Å². The van der Waals surface area contributed by atoms with Crippen LogP contribution in [0.2, 0.25) is 0 Å². The zero-order valence-electron chi connectivity index (χ0n) is 10.6. The van der Waals surface area contributed by atoms with E-state index in [1.165, 1.54) is 12.1 Å². The van der Waals surface area contributed by atoms with E-state index in [0.29, 0.717) is 6.04 Å². The summed E-state index contributed by atoms with van der Waals surface area (Å²) in [6.45, 7) is 5.23. The van der Waals surface area contributed by atoms with E-state index in [2.05, 4.69) is 19.2 Å². The Labute approximate surface area is 102 Å². The molecule has 0 bridgehead atoms. The molecule has 0 heterocycles. The van der Waals surface area contributed by atoms with Gasteiger partial charge in [0, 0.05) is 6.04 Å². The zero-order valence-corrected chi connectivity index (χ0v) is 10.6. The van der Waals surface area contributed by atoms with E-state index in [9.17, 15) is 8.78 Å². The first-order valence-electron chi connectivity index (χ1n) is 6.34. The van der Waals surface area contributed by atoms with Gasteiger partial charge in [-0.1, -0.05) is 19.9 Å². The van der Waals surface area contributed by atoms with Crippen molar-refractivity contribution in [2.24, 2.45) is 0 Å². The number of nitrogens with one attached hydrogen (secondary N) is 1. The van der Waals surface area contributed by atoms with Crippen molar-refractivity contribution in [1.29, 1.82) is 0 Å². The van der Waals surface area contributed by atoms with Gasteiger partial charge in [-0.15, -0.1) is 0 Å². The maximum atomic E-state index is 13.0. The average Bonchev–Trinajstić information content (AvgIpc) is 2.32. The molecule has 3 heteroatoms. The van der Waals surface area contributed by atoms with Gasteiger partial charge in [-0.2, -0.15) is 0 Å². The molecule has 1 nitrogen and oxygen atoms in total. The lowest BCUT2D eigenvalue weighted by Crippen LogP contribution is -2.28. The summed E-state index contributed by atoms with van der Waals surface area (Å²) in [4.78, 5) is 0. The molecule has 0 aliphatic heterocycles. The molecule has 1 aromatic carbocycles. The van der Waals surface area contributed by atoms with Gasteiger partial charge in [-0.05, 0) is 49.9 Å². The summed E-state index contributed by atoms with van der Waals surface area (Å²) in [7, 11) is 0. The first kappa shape index (κ1) is 14.1. The van der Waals surface area contributed by atoms with Crippen LogP contribution >= 0.6 is 0 Å². The van der Waals surface area contributed by atoms with Crippen LogP contribution in [-0.2, 0) is 6.42 Å². The number of hydrogen-bond acceptors (Lipinski definition) is 1. The molecule has 1 N–H and O–H groups in total. The van der Waals surface area contributed by atoms with Crippen molar-refractivity contribution in [2.75, 3.05) is 6.54 Å². The zero-order chi connectivity index (χ0) is 12.7. The second-order valence-electron chi connectivity index (χ2n) is 4.30. The molecule has 0 saturated carbocycles. The molecule has 0 fully saturated rings. The number of hydrogen-bond donors (Lipinski definition) is 1. The van der Waals surface area contributed by atoms with Gasteiger partial charge >= 0.3 is 0 Å². The number of halogens is 2. The summed E-state index contributed by atoms with van der Waals surface area (Å²) in [5.74, 6) is -1.52. The largest absolute Gasteiger partial charge is 0.314 e. The smallest absolute Gasteiger partial charge is 0.159 e. The number of rotatable bonds is 7. The Morgan fingerprint density at radius 2 is 1.94 bits per heavy atom. The molecule has 1 aromatic rings. The fourth-order valence-corrected chi connectivity index (χ4v) is 1.99. The monoisotopic (exact) mass is 241 g/mol. The Morgan fingerprint density at radius 1 is 1.18 bits per heavy atom. The Hall–Kier alpha value is -0.960. The molecule has 96 valence electrons. The summed E-state index contributed by atoms with van der Waals surface area (Å²) in [6, 6.07) is 4.69. The topological polar surface area (TPSA) is 12.0 Å². The summed E-state index contributed by atoms with van der Waals surface area (Å²) >= 11 is 0. The molecule has 0 aromatic heterocycles.